The number of rotatable bonds is 19. The van der Waals surface area contributed by atoms with E-state index in [0.717, 1.165) is 44.6 Å². The van der Waals surface area contributed by atoms with E-state index in [1.54, 1.807) is 30.3 Å². The van der Waals surface area contributed by atoms with Gasteiger partial charge in [0, 0.05) is 29.6 Å². The summed E-state index contributed by atoms with van der Waals surface area (Å²) in [5.74, 6) is 1.16. The van der Waals surface area contributed by atoms with Gasteiger partial charge >= 0.3 is 0 Å². The fourth-order valence-electron chi connectivity index (χ4n) is 4.60. The van der Waals surface area contributed by atoms with E-state index in [-0.39, 0.29) is 5.78 Å². The van der Waals surface area contributed by atoms with E-state index in [1.165, 1.54) is 25.7 Å². The third-order valence-corrected chi connectivity index (χ3v) is 8.52. The first-order chi connectivity index (χ1) is 19.3. The Morgan fingerprint density at radius 3 is 2.20 bits per heavy atom. The molecule has 0 saturated carbocycles. The molecule has 0 spiro atoms. The zero-order valence-electron chi connectivity index (χ0n) is 24.0. The van der Waals surface area contributed by atoms with Gasteiger partial charge in [0.25, 0.3) is 0 Å². The average molecular weight is 591 g/mol. The maximum absolute atomic E-state index is 13.7. The predicted molar refractivity (Wildman–Crippen MR) is 164 cm³/mol. The van der Waals surface area contributed by atoms with Crippen LogP contribution in [0.15, 0.2) is 46.9 Å². The van der Waals surface area contributed by atoms with Gasteiger partial charge in [-0.15, -0.1) is 11.6 Å². The number of nitrogens with one attached hydrogen (secondary N) is 1. The number of alkyl halides is 1. The van der Waals surface area contributed by atoms with Crippen LogP contribution in [-0.4, -0.2) is 50.6 Å². The van der Waals surface area contributed by atoms with Gasteiger partial charge in [0.15, 0.2) is 5.78 Å². The van der Waals surface area contributed by atoms with Crippen molar-refractivity contribution in [2.75, 3.05) is 36.2 Å². The van der Waals surface area contributed by atoms with Gasteiger partial charge in [-0.1, -0.05) is 40.0 Å². The number of hydrogen-bond acceptors (Lipinski definition) is 6. The zero-order chi connectivity index (χ0) is 29.0. The number of anilines is 1. The van der Waals surface area contributed by atoms with Crippen LogP contribution in [0.5, 0.6) is 5.75 Å². The number of ketones is 1. The van der Waals surface area contributed by atoms with Gasteiger partial charge < -0.3 is 14.1 Å². The monoisotopic (exact) mass is 590 g/mol. The van der Waals surface area contributed by atoms with E-state index in [0.29, 0.717) is 46.6 Å². The van der Waals surface area contributed by atoms with Crippen LogP contribution < -0.4 is 9.46 Å². The van der Waals surface area contributed by atoms with Crippen molar-refractivity contribution >= 4 is 44.1 Å². The lowest BCUT2D eigenvalue weighted by Crippen LogP contribution is -2.28. The summed E-state index contributed by atoms with van der Waals surface area (Å²) in [7, 11) is -3.68. The summed E-state index contributed by atoms with van der Waals surface area (Å²) in [4.78, 5) is 16.2. The smallest absolute Gasteiger partial charge is 0.246 e. The molecule has 0 fully saturated rings. The average Bonchev–Trinajstić information content (AvgIpc) is 3.32. The zero-order valence-corrected chi connectivity index (χ0v) is 25.6. The highest BCUT2D eigenvalue weighted by atomic mass is 35.5. The Labute approximate surface area is 244 Å². The van der Waals surface area contributed by atoms with Crippen LogP contribution in [0.3, 0.4) is 0 Å². The molecule has 9 heteroatoms. The Morgan fingerprint density at radius 1 is 0.925 bits per heavy atom. The van der Waals surface area contributed by atoms with E-state index < -0.39 is 15.2 Å². The lowest BCUT2D eigenvalue weighted by molar-refractivity contribution is 0.103. The van der Waals surface area contributed by atoms with Crippen LogP contribution in [0.4, 0.5) is 5.69 Å². The Morgan fingerprint density at radius 2 is 1.57 bits per heavy atom. The molecule has 2 aromatic carbocycles. The standard InChI is InChI=1S/C31H43ClN2O5S/c1-4-7-11-29-30(27-22-25(14-17-28(27)39-29)33-40(36,37)23-32)31(35)24-12-15-26(16-13-24)38-21-10-20-34(18-8-5-2)19-9-6-3/h12-17,22,33H,4-11,18-21,23H2,1-3H3. The molecule has 40 heavy (non-hydrogen) atoms. The summed E-state index contributed by atoms with van der Waals surface area (Å²) >= 11 is 5.55. The molecule has 0 saturated heterocycles. The molecule has 0 unspecified atom stereocenters. The second-order valence-corrected chi connectivity index (χ2v) is 12.5. The lowest BCUT2D eigenvalue weighted by Gasteiger charge is -2.21. The summed E-state index contributed by atoms with van der Waals surface area (Å²) < 4.78 is 38.5. The summed E-state index contributed by atoms with van der Waals surface area (Å²) in [5, 5.41) is 0.0100. The number of unbranched alkanes of at least 4 members (excludes halogenated alkanes) is 3. The number of sulfonamides is 1. The summed E-state index contributed by atoms with van der Waals surface area (Å²) in [6.45, 7) is 10.4. The van der Waals surface area contributed by atoms with E-state index in [1.807, 2.05) is 12.1 Å². The largest absolute Gasteiger partial charge is 0.494 e. The number of ether oxygens (including phenoxy) is 1. The van der Waals surface area contributed by atoms with Crippen molar-refractivity contribution in [1.82, 2.24) is 4.90 Å². The quantitative estimate of drug-likeness (QED) is 0.0877. The van der Waals surface area contributed by atoms with Crippen LogP contribution in [-0.2, 0) is 16.4 Å². The molecule has 3 rings (SSSR count). The van der Waals surface area contributed by atoms with Crippen LogP contribution in [0.25, 0.3) is 11.0 Å². The Hall–Kier alpha value is -2.55. The molecule has 220 valence electrons. The number of furan rings is 1. The fraction of sp³-hybridized carbons (Fsp3) is 0.516. The third-order valence-electron chi connectivity index (χ3n) is 6.82. The molecule has 1 heterocycles. The molecule has 3 aromatic rings. The topological polar surface area (TPSA) is 88.8 Å². The number of hydrogen-bond donors (Lipinski definition) is 1. The first kappa shape index (κ1) is 32.0. The highest BCUT2D eigenvalue weighted by Gasteiger charge is 2.23. The molecule has 0 aliphatic carbocycles. The minimum Gasteiger partial charge on any atom is -0.494 e. The van der Waals surface area contributed by atoms with Crippen molar-refractivity contribution < 1.29 is 22.4 Å². The van der Waals surface area contributed by atoms with Crippen LogP contribution in [0, 0.1) is 0 Å². The Bertz CT molecular complexity index is 1310. The molecule has 0 atom stereocenters. The van der Waals surface area contributed by atoms with Gasteiger partial charge in [-0.2, -0.15) is 0 Å². The van der Waals surface area contributed by atoms with Crippen LogP contribution in [0.2, 0.25) is 0 Å². The van der Waals surface area contributed by atoms with Crippen LogP contribution >= 0.6 is 11.6 Å². The number of halogens is 1. The lowest BCUT2D eigenvalue weighted by atomic mass is 9.98. The summed E-state index contributed by atoms with van der Waals surface area (Å²) in [6.07, 6.45) is 8.22. The van der Waals surface area contributed by atoms with Gasteiger partial charge in [-0.3, -0.25) is 9.52 Å². The first-order valence-corrected chi connectivity index (χ1v) is 16.6. The van der Waals surface area contributed by atoms with Crippen molar-refractivity contribution in [2.45, 2.75) is 72.1 Å². The number of aryl methyl sites for hydroxylation is 1. The van der Waals surface area contributed by atoms with Crippen molar-refractivity contribution in [3.05, 3.63) is 59.4 Å². The predicted octanol–water partition coefficient (Wildman–Crippen LogP) is 7.62. The van der Waals surface area contributed by atoms with Crippen molar-refractivity contribution in [3.63, 3.8) is 0 Å². The van der Waals surface area contributed by atoms with Gasteiger partial charge in [-0.05, 0) is 81.2 Å². The maximum atomic E-state index is 13.7. The molecule has 0 bridgehead atoms. The normalized spacial score (nSPS) is 11.8. The molecule has 1 aromatic heterocycles. The van der Waals surface area contributed by atoms with E-state index >= 15 is 0 Å². The molecule has 7 nitrogen and oxygen atoms in total. The van der Waals surface area contributed by atoms with Crippen LogP contribution in [0.1, 0.15) is 87.4 Å². The molecule has 0 amide bonds. The number of nitrogens with zero attached hydrogens (tertiary/aromatic N) is 1. The third kappa shape index (κ3) is 9.25. The van der Waals surface area contributed by atoms with E-state index in [4.69, 9.17) is 20.8 Å². The Kier molecular flexibility index (Phi) is 12.8. The van der Waals surface area contributed by atoms with Gasteiger partial charge in [0.05, 0.1) is 12.2 Å². The van der Waals surface area contributed by atoms with Gasteiger partial charge in [0.1, 0.15) is 22.3 Å². The number of fused-ring (bicyclic) bond motifs is 1. The van der Waals surface area contributed by atoms with Crippen molar-refractivity contribution in [3.8, 4) is 5.75 Å². The highest BCUT2D eigenvalue weighted by Crippen LogP contribution is 2.32. The van der Waals surface area contributed by atoms with E-state index in [9.17, 15) is 13.2 Å². The molecule has 0 aliphatic rings. The molecule has 1 N–H and O–H groups in total. The molecule has 0 radical (unpaired) electrons. The maximum Gasteiger partial charge on any atom is 0.246 e. The second-order valence-electron chi connectivity index (χ2n) is 10.1. The molecule has 0 aliphatic heterocycles. The van der Waals surface area contributed by atoms with E-state index in [2.05, 4.69) is 30.4 Å². The SMILES string of the molecule is CCCCc1oc2ccc(NS(=O)(=O)CCl)cc2c1C(=O)c1ccc(OCCCN(CCCC)CCCC)cc1. The van der Waals surface area contributed by atoms with Crippen molar-refractivity contribution in [1.29, 1.82) is 0 Å². The number of carbonyl (C=O) groups is 1. The minimum atomic E-state index is -3.68. The first-order valence-electron chi connectivity index (χ1n) is 14.4. The minimum absolute atomic E-state index is 0.170. The molecular weight excluding hydrogens is 548 g/mol. The number of carbonyl (C=O) groups excluding carboxylic acids is 1. The second kappa shape index (κ2) is 16.0. The fourth-order valence-corrected chi connectivity index (χ4v) is 5.31. The summed E-state index contributed by atoms with van der Waals surface area (Å²) in [6, 6.07) is 12.1. The van der Waals surface area contributed by atoms with Crippen molar-refractivity contribution in [2.24, 2.45) is 0 Å². The highest BCUT2D eigenvalue weighted by molar-refractivity contribution is 7.93. The van der Waals surface area contributed by atoms with Gasteiger partial charge in [0.2, 0.25) is 10.0 Å². The summed E-state index contributed by atoms with van der Waals surface area (Å²) in [5.41, 5.74) is 1.85. The Balaban J connectivity index is 1.73. The molecular formula is C31H43ClN2O5S. The number of benzene rings is 2. The van der Waals surface area contributed by atoms with Gasteiger partial charge in [-0.25, -0.2) is 8.42 Å².